The van der Waals surface area contributed by atoms with Crippen molar-refractivity contribution in [1.82, 2.24) is 15.1 Å². The first kappa shape index (κ1) is 21.5. The van der Waals surface area contributed by atoms with Gasteiger partial charge in [0.25, 0.3) is 5.91 Å². The van der Waals surface area contributed by atoms with Gasteiger partial charge < -0.3 is 4.90 Å². The van der Waals surface area contributed by atoms with Crippen molar-refractivity contribution < 1.29 is 22.8 Å². The van der Waals surface area contributed by atoms with Gasteiger partial charge in [-0.1, -0.05) is 12.1 Å². The van der Waals surface area contributed by atoms with E-state index in [4.69, 9.17) is 0 Å². The van der Waals surface area contributed by atoms with Crippen LogP contribution in [0.15, 0.2) is 42.6 Å². The summed E-state index contributed by atoms with van der Waals surface area (Å²) in [6, 6.07) is 9.38. The topological polar surface area (TPSA) is 69.3 Å². The van der Waals surface area contributed by atoms with E-state index in [1.165, 1.54) is 0 Å². The van der Waals surface area contributed by atoms with Gasteiger partial charge >= 0.3 is 6.18 Å². The Labute approximate surface area is 188 Å². The zero-order chi connectivity index (χ0) is 23.5. The molecule has 1 N–H and O–H groups in total. The van der Waals surface area contributed by atoms with Crippen molar-refractivity contribution in [2.75, 3.05) is 18.0 Å². The first-order valence-electron chi connectivity index (χ1n) is 10.7. The first-order chi connectivity index (χ1) is 15.6. The van der Waals surface area contributed by atoms with Crippen molar-refractivity contribution >= 4 is 28.4 Å². The van der Waals surface area contributed by atoms with E-state index in [0.717, 1.165) is 28.3 Å². The molecule has 171 valence electrons. The van der Waals surface area contributed by atoms with Crippen molar-refractivity contribution in [2.45, 2.75) is 38.3 Å². The summed E-state index contributed by atoms with van der Waals surface area (Å²) >= 11 is 0. The van der Waals surface area contributed by atoms with Crippen LogP contribution in [0, 0.1) is 13.0 Å². The number of carbonyl (C=O) groups excluding carboxylic acids is 2. The maximum absolute atomic E-state index is 13.6. The number of aromatic amines is 1. The monoisotopic (exact) mass is 455 g/mol. The zero-order valence-corrected chi connectivity index (χ0v) is 18.2. The molecule has 0 bridgehead atoms. The number of carbonyl (C=O) groups is 2. The number of piperidine rings is 1. The molecule has 33 heavy (non-hydrogen) atoms. The van der Waals surface area contributed by atoms with Crippen LogP contribution >= 0.6 is 0 Å². The normalized spacial score (nSPS) is 17.9. The molecule has 1 aromatic heterocycles. The number of benzene rings is 2. The summed E-state index contributed by atoms with van der Waals surface area (Å²) in [6.45, 7) is 3.31. The Morgan fingerprint density at radius 3 is 2.58 bits per heavy atom. The van der Waals surface area contributed by atoms with Crippen LogP contribution in [0.4, 0.5) is 18.9 Å². The Morgan fingerprint density at radius 2 is 1.88 bits per heavy atom. The highest BCUT2D eigenvalue weighted by Gasteiger charge is 2.58. The highest BCUT2D eigenvalue weighted by atomic mass is 19.4. The van der Waals surface area contributed by atoms with Gasteiger partial charge in [0.05, 0.1) is 17.1 Å². The number of nitrogens with one attached hydrogen (secondary N) is 1. The van der Waals surface area contributed by atoms with Crippen LogP contribution in [0.2, 0.25) is 0 Å². The standard InChI is InChI=1S/C24H22F3N4O2/c1-14-4-3-5-19-20(14)23(22(33)31(19)15(2)24(25,26)27)8-10-30(11-9-23)21(32)16-6-7-18-17(12-16)13-28-29-18/h3-7,12-13H,8-11H2,1-2H3,(H,28,29). The van der Waals surface area contributed by atoms with Gasteiger partial charge in [0.15, 0.2) is 6.04 Å². The van der Waals surface area contributed by atoms with Gasteiger partial charge in [0.2, 0.25) is 5.91 Å². The zero-order valence-electron chi connectivity index (χ0n) is 18.2. The second-order valence-corrected chi connectivity index (χ2v) is 8.74. The van der Waals surface area contributed by atoms with Crippen LogP contribution in [-0.2, 0) is 10.2 Å². The van der Waals surface area contributed by atoms with Crippen molar-refractivity contribution in [1.29, 1.82) is 0 Å². The number of anilines is 1. The third-order valence-corrected chi connectivity index (χ3v) is 6.92. The van der Waals surface area contributed by atoms with E-state index in [0.29, 0.717) is 16.8 Å². The number of hydrogen-bond donors (Lipinski definition) is 1. The first-order valence-corrected chi connectivity index (χ1v) is 10.7. The number of aryl methyl sites for hydroxylation is 1. The molecule has 1 saturated heterocycles. The number of hydrogen-bond acceptors (Lipinski definition) is 3. The van der Waals surface area contributed by atoms with E-state index in [2.05, 4.69) is 10.2 Å². The molecule has 3 aromatic rings. The highest BCUT2D eigenvalue weighted by Crippen LogP contribution is 2.52. The smallest absolute Gasteiger partial charge is 0.339 e. The molecule has 6 nitrogen and oxygen atoms in total. The van der Waals surface area contributed by atoms with E-state index in [1.807, 2.05) is 13.0 Å². The molecule has 2 aliphatic rings. The average molecular weight is 455 g/mol. The third-order valence-electron chi connectivity index (χ3n) is 6.92. The number of amides is 2. The van der Waals surface area contributed by atoms with Gasteiger partial charge in [-0.15, -0.1) is 0 Å². The van der Waals surface area contributed by atoms with Crippen molar-refractivity contribution in [2.24, 2.45) is 0 Å². The second-order valence-electron chi connectivity index (χ2n) is 8.74. The lowest BCUT2D eigenvalue weighted by Crippen LogP contribution is -2.51. The Hall–Kier alpha value is -3.36. The molecule has 0 unspecified atom stereocenters. The van der Waals surface area contributed by atoms with Gasteiger partial charge in [-0.25, -0.2) is 0 Å². The summed E-state index contributed by atoms with van der Waals surface area (Å²) in [5.41, 5.74) is 1.98. The molecular formula is C24H22F3N4O2. The van der Waals surface area contributed by atoms with Crippen LogP contribution in [0.3, 0.4) is 0 Å². The lowest BCUT2D eigenvalue weighted by Gasteiger charge is -2.39. The van der Waals surface area contributed by atoms with Crippen molar-refractivity contribution in [3.63, 3.8) is 0 Å². The fourth-order valence-corrected chi connectivity index (χ4v) is 5.17. The Balaban J connectivity index is 1.45. The van der Waals surface area contributed by atoms with Crippen molar-refractivity contribution in [3.8, 4) is 0 Å². The number of fused-ring (bicyclic) bond motifs is 3. The number of nitrogens with zero attached hydrogens (tertiary/aromatic N) is 3. The predicted octanol–water partition coefficient (Wildman–Crippen LogP) is 4.51. The fraction of sp³-hybridized carbons (Fsp3) is 0.333. The fourth-order valence-electron chi connectivity index (χ4n) is 5.17. The molecule has 3 heterocycles. The number of halogens is 3. The molecule has 0 atom stereocenters. The molecule has 1 spiro atoms. The molecule has 1 fully saturated rings. The van der Waals surface area contributed by atoms with Crippen LogP contribution in [0.25, 0.3) is 10.9 Å². The Bertz CT molecular complexity index is 1260. The minimum absolute atomic E-state index is 0.168. The van der Waals surface area contributed by atoms with E-state index in [1.54, 1.807) is 41.4 Å². The predicted molar refractivity (Wildman–Crippen MR) is 117 cm³/mol. The average Bonchev–Trinajstić information content (AvgIpc) is 3.34. The molecule has 1 radical (unpaired) electrons. The van der Waals surface area contributed by atoms with Gasteiger partial charge in [0.1, 0.15) is 0 Å². The molecule has 0 saturated carbocycles. The summed E-state index contributed by atoms with van der Waals surface area (Å²) in [5.74, 6) is -0.730. The number of aromatic nitrogens is 2. The molecule has 9 heteroatoms. The number of H-pyrrole nitrogens is 1. The largest absolute Gasteiger partial charge is 0.414 e. The maximum atomic E-state index is 13.6. The van der Waals surface area contributed by atoms with Crippen molar-refractivity contribution in [3.05, 3.63) is 65.3 Å². The number of likely N-dealkylation sites (tertiary alicyclic amines) is 1. The van der Waals surface area contributed by atoms with Gasteiger partial charge in [-0.2, -0.15) is 18.3 Å². The molecule has 2 amide bonds. The summed E-state index contributed by atoms with van der Waals surface area (Å²) < 4.78 is 40.7. The summed E-state index contributed by atoms with van der Waals surface area (Å²) in [6.07, 6.45) is -2.44. The van der Waals surface area contributed by atoms with Crippen LogP contribution in [0.5, 0.6) is 0 Å². The number of rotatable bonds is 2. The number of alkyl halides is 3. The van der Waals surface area contributed by atoms with E-state index in [9.17, 15) is 22.8 Å². The summed E-state index contributed by atoms with van der Waals surface area (Å²) in [4.78, 5) is 29.1. The SMILES string of the molecule is C[C](N1C(=O)C2(CCN(C(=O)c3ccc4[nH]ncc4c3)CC2)c2c(C)cccc21)C(F)(F)F. The minimum Gasteiger partial charge on any atom is -0.339 e. The lowest BCUT2D eigenvalue weighted by molar-refractivity contribution is -0.133. The van der Waals surface area contributed by atoms with E-state index in [-0.39, 0.29) is 31.8 Å². The van der Waals surface area contributed by atoms with Gasteiger partial charge in [0, 0.05) is 29.7 Å². The molecule has 5 rings (SSSR count). The van der Waals surface area contributed by atoms with Crippen LogP contribution < -0.4 is 4.90 Å². The Morgan fingerprint density at radius 1 is 1.15 bits per heavy atom. The quantitative estimate of drug-likeness (QED) is 0.619. The van der Waals surface area contributed by atoms with Gasteiger partial charge in [-0.3, -0.25) is 19.6 Å². The molecule has 0 aliphatic carbocycles. The molecular weight excluding hydrogens is 433 g/mol. The second kappa shape index (κ2) is 7.33. The summed E-state index contributed by atoms with van der Waals surface area (Å²) in [5, 5.41) is 7.63. The van der Waals surface area contributed by atoms with Crippen LogP contribution in [-0.4, -0.2) is 46.2 Å². The highest BCUT2D eigenvalue weighted by molar-refractivity contribution is 6.10. The Kier molecular flexibility index (Phi) is 4.77. The van der Waals surface area contributed by atoms with E-state index < -0.39 is 23.5 Å². The van der Waals surface area contributed by atoms with Gasteiger partial charge in [-0.05, 0) is 62.1 Å². The maximum Gasteiger partial charge on any atom is 0.414 e. The third kappa shape index (κ3) is 3.20. The lowest BCUT2D eigenvalue weighted by atomic mass is 9.72. The minimum atomic E-state index is -4.62. The summed E-state index contributed by atoms with van der Waals surface area (Å²) in [7, 11) is 0. The molecule has 2 aliphatic heterocycles. The van der Waals surface area contributed by atoms with Crippen LogP contribution in [0.1, 0.15) is 41.3 Å². The van der Waals surface area contributed by atoms with E-state index >= 15 is 0 Å². The molecule has 2 aromatic carbocycles.